The van der Waals surface area contributed by atoms with Crippen molar-refractivity contribution in [1.82, 2.24) is 20.4 Å². The van der Waals surface area contributed by atoms with Gasteiger partial charge < -0.3 is 15.4 Å². The number of amides is 1. The van der Waals surface area contributed by atoms with Gasteiger partial charge in [0.2, 0.25) is 11.8 Å². The molecule has 0 aliphatic rings. The number of carbonyl (C=O) groups excluding carboxylic acids is 1. The van der Waals surface area contributed by atoms with E-state index in [1.54, 1.807) is 18.8 Å². The van der Waals surface area contributed by atoms with Gasteiger partial charge in [-0.1, -0.05) is 0 Å². The van der Waals surface area contributed by atoms with E-state index >= 15 is 0 Å². The van der Waals surface area contributed by atoms with E-state index < -0.39 is 0 Å². The number of hydrogen-bond donors (Lipinski definition) is 2. The second kappa shape index (κ2) is 7.00. The first-order valence-electron chi connectivity index (χ1n) is 6.08. The Morgan fingerprint density at radius 1 is 1.50 bits per heavy atom. The lowest BCUT2D eigenvalue weighted by molar-refractivity contribution is -0.120. The van der Waals surface area contributed by atoms with Crippen molar-refractivity contribution in [2.24, 2.45) is 7.05 Å². The largest absolute Gasteiger partial charge is 0.481 e. The van der Waals surface area contributed by atoms with Gasteiger partial charge in [-0.25, -0.2) is 4.68 Å². The molecule has 0 aliphatic heterocycles. The molecule has 6 heteroatoms. The van der Waals surface area contributed by atoms with Crippen molar-refractivity contribution in [2.45, 2.75) is 26.3 Å². The van der Waals surface area contributed by atoms with Crippen molar-refractivity contribution in [2.75, 3.05) is 20.7 Å². The van der Waals surface area contributed by atoms with Crippen molar-refractivity contribution in [1.29, 1.82) is 0 Å². The molecule has 0 saturated carbocycles. The smallest absolute Gasteiger partial charge is 0.219 e. The number of methoxy groups -OCH3 is 1. The van der Waals surface area contributed by atoms with Crippen LogP contribution in [0, 0.1) is 6.92 Å². The lowest BCUT2D eigenvalue weighted by Crippen LogP contribution is -2.21. The van der Waals surface area contributed by atoms with Crippen LogP contribution in [0.15, 0.2) is 0 Å². The van der Waals surface area contributed by atoms with Crippen LogP contribution in [0.2, 0.25) is 0 Å². The summed E-state index contributed by atoms with van der Waals surface area (Å²) < 4.78 is 7.04. The predicted octanol–water partition coefficient (Wildman–Crippen LogP) is 0.353. The maximum Gasteiger partial charge on any atom is 0.219 e. The molecule has 0 spiro atoms. The lowest BCUT2D eigenvalue weighted by atomic mass is 10.2. The molecule has 0 bridgehead atoms. The van der Waals surface area contributed by atoms with Gasteiger partial charge in [-0.05, 0) is 19.9 Å². The molecule has 0 radical (unpaired) electrons. The summed E-state index contributed by atoms with van der Waals surface area (Å²) in [6.45, 7) is 3.46. The zero-order valence-corrected chi connectivity index (χ0v) is 11.5. The molecular weight excluding hydrogens is 232 g/mol. The highest BCUT2D eigenvalue weighted by molar-refractivity contribution is 5.75. The van der Waals surface area contributed by atoms with Gasteiger partial charge in [0.15, 0.2) is 0 Å². The van der Waals surface area contributed by atoms with Crippen LogP contribution in [-0.4, -0.2) is 36.4 Å². The molecule has 6 nitrogen and oxygen atoms in total. The summed E-state index contributed by atoms with van der Waals surface area (Å²) >= 11 is 0. The Balaban J connectivity index is 2.37. The summed E-state index contributed by atoms with van der Waals surface area (Å²) in [5, 5.41) is 10.2. The summed E-state index contributed by atoms with van der Waals surface area (Å²) in [5.74, 6) is 0.859. The number of hydrogen-bond acceptors (Lipinski definition) is 4. The summed E-state index contributed by atoms with van der Waals surface area (Å²) in [4.78, 5) is 11.0. The molecule has 1 aromatic rings. The Hall–Kier alpha value is -1.56. The van der Waals surface area contributed by atoms with Gasteiger partial charge in [0.25, 0.3) is 0 Å². The Kier molecular flexibility index (Phi) is 5.64. The Morgan fingerprint density at radius 3 is 2.83 bits per heavy atom. The van der Waals surface area contributed by atoms with Crippen LogP contribution in [0.5, 0.6) is 5.88 Å². The van der Waals surface area contributed by atoms with Crippen molar-refractivity contribution < 1.29 is 9.53 Å². The summed E-state index contributed by atoms with van der Waals surface area (Å²) in [6.07, 6.45) is 1.37. The minimum Gasteiger partial charge on any atom is -0.481 e. The van der Waals surface area contributed by atoms with Crippen LogP contribution in [0.3, 0.4) is 0 Å². The van der Waals surface area contributed by atoms with Crippen LogP contribution >= 0.6 is 0 Å². The van der Waals surface area contributed by atoms with Crippen molar-refractivity contribution >= 4 is 5.91 Å². The number of nitrogens with zero attached hydrogens (tertiary/aromatic N) is 2. The Morgan fingerprint density at radius 2 is 2.22 bits per heavy atom. The van der Waals surface area contributed by atoms with E-state index in [0.717, 1.165) is 30.1 Å². The molecule has 1 aromatic heterocycles. The average Bonchev–Trinajstić information content (AvgIpc) is 2.62. The third kappa shape index (κ3) is 3.73. The highest BCUT2D eigenvalue weighted by Gasteiger charge is 2.12. The highest BCUT2D eigenvalue weighted by atomic mass is 16.5. The standard InChI is InChI=1S/C12H22N4O2/c1-9-10(12(18-4)16(3)15-9)8-14-7-5-6-11(17)13-2/h14H,5-8H2,1-4H3,(H,13,17). The zero-order valence-electron chi connectivity index (χ0n) is 11.5. The molecule has 18 heavy (non-hydrogen) atoms. The van der Waals surface area contributed by atoms with Gasteiger partial charge in [-0.15, -0.1) is 0 Å². The normalized spacial score (nSPS) is 10.4. The molecule has 0 fully saturated rings. The van der Waals surface area contributed by atoms with E-state index in [0.29, 0.717) is 13.0 Å². The Labute approximate surface area is 108 Å². The Bertz CT molecular complexity index is 401. The minimum absolute atomic E-state index is 0.0759. The topological polar surface area (TPSA) is 68.2 Å². The fourth-order valence-electron chi connectivity index (χ4n) is 1.85. The molecule has 0 aliphatic carbocycles. The number of carbonyl (C=O) groups is 1. The highest BCUT2D eigenvalue weighted by Crippen LogP contribution is 2.20. The van der Waals surface area contributed by atoms with Gasteiger partial charge in [0, 0.05) is 27.1 Å². The number of ether oxygens (including phenoxy) is 1. The van der Waals surface area contributed by atoms with Gasteiger partial charge in [0.05, 0.1) is 18.4 Å². The second-order valence-corrected chi connectivity index (χ2v) is 4.15. The summed E-state index contributed by atoms with van der Waals surface area (Å²) in [6, 6.07) is 0. The molecule has 2 N–H and O–H groups in total. The average molecular weight is 254 g/mol. The SMILES string of the molecule is CNC(=O)CCCNCc1c(C)nn(C)c1OC. The number of aromatic nitrogens is 2. The third-order valence-corrected chi connectivity index (χ3v) is 2.82. The van der Waals surface area contributed by atoms with Crippen LogP contribution in [-0.2, 0) is 18.4 Å². The number of aryl methyl sites for hydroxylation is 2. The van der Waals surface area contributed by atoms with Gasteiger partial charge in [-0.2, -0.15) is 5.10 Å². The quantitative estimate of drug-likeness (QED) is 0.689. The van der Waals surface area contributed by atoms with E-state index in [1.807, 2.05) is 14.0 Å². The van der Waals surface area contributed by atoms with E-state index in [-0.39, 0.29) is 5.91 Å². The number of rotatable bonds is 7. The second-order valence-electron chi connectivity index (χ2n) is 4.15. The monoisotopic (exact) mass is 254 g/mol. The number of nitrogens with one attached hydrogen (secondary N) is 2. The molecule has 0 saturated heterocycles. The van der Waals surface area contributed by atoms with Gasteiger partial charge >= 0.3 is 0 Å². The van der Waals surface area contributed by atoms with Gasteiger partial charge in [0.1, 0.15) is 0 Å². The first kappa shape index (κ1) is 14.5. The van der Waals surface area contributed by atoms with Crippen LogP contribution < -0.4 is 15.4 Å². The minimum atomic E-state index is 0.0759. The van der Waals surface area contributed by atoms with Crippen LogP contribution in [0.4, 0.5) is 0 Å². The van der Waals surface area contributed by atoms with Crippen LogP contribution in [0.25, 0.3) is 0 Å². The van der Waals surface area contributed by atoms with E-state index in [1.165, 1.54) is 0 Å². The molecule has 0 aromatic carbocycles. The summed E-state index contributed by atoms with van der Waals surface area (Å²) in [5.41, 5.74) is 2.04. The van der Waals surface area contributed by atoms with Gasteiger partial charge in [-0.3, -0.25) is 4.79 Å². The maximum absolute atomic E-state index is 11.0. The van der Waals surface area contributed by atoms with E-state index in [2.05, 4.69) is 15.7 Å². The van der Waals surface area contributed by atoms with Crippen molar-refractivity contribution in [3.8, 4) is 5.88 Å². The predicted molar refractivity (Wildman–Crippen MR) is 69.5 cm³/mol. The first-order valence-corrected chi connectivity index (χ1v) is 6.08. The molecule has 102 valence electrons. The van der Waals surface area contributed by atoms with E-state index in [4.69, 9.17) is 4.74 Å². The molecule has 1 amide bonds. The fraction of sp³-hybridized carbons (Fsp3) is 0.667. The molecule has 0 atom stereocenters. The molecule has 1 rings (SSSR count). The molecule has 0 unspecified atom stereocenters. The molecule has 1 heterocycles. The zero-order chi connectivity index (χ0) is 13.5. The summed E-state index contributed by atoms with van der Waals surface area (Å²) in [7, 11) is 5.16. The molecular formula is C12H22N4O2. The fourth-order valence-corrected chi connectivity index (χ4v) is 1.85. The van der Waals surface area contributed by atoms with E-state index in [9.17, 15) is 4.79 Å². The van der Waals surface area contributed by atoms with Crippen LogP contribution in [0.1, 0.15) is 24.1 Å². The first-order chi connectivity index (χ1) is 8.60. The van der Waals surface area contributed by atoms with Crippen molar-refractivity contribution in [3.63, 3.8) is 0 Å². The third-order valence-electron chi connectivity index (χ3n) is 2.82. The lowest BCUT2D eigenvalue weighted by Gasteiger charge is -2.06. The van der Waals surface area contributed by atoms with Crippen molar-refractivity contribution in [3.05, 3.63) is 11.3 Å². The maximum atomic E-state index is 11.0.